The summed E-state index contributed by atoms with van der Waals surface area (Å²) in [6, 6.07) is 13.5. The van der Waals surface area contributed by atoms with Gasteiger partial charge >= 0.3 is 0 Å². The molecule has 0 aliphatic carbocycles. The number of hydrogen-bond donors (Lipinski definition) is 0. The lowest BCUT2D eigenvalue weighted by atomic mass is 9.99. The molecule has 3 aromatic rings. The van der Waals surface area contributed by atoms with E-state index in [0.29, 0.717) is 17.6 Å². The number of pyridine rings is 1. The zero-order valence-corrected chi connectivity index (χ0v) is 13.1. The maximum absolute atomic E-state index is 8.91. The summed E-state index contributed by atoms with van der Waals surface area (Å²) < 4.78 is 1.95. The highest BCUT2D eigenvalue weighted by Crippen LogP contribution is 2.27. The molecule has 4 nitrogen and oxygen atoms in total. The van der Waals surface area contributed by atoms with Gasteiger partial charge < -0.3 is 0 Å². The van der Waals surface area contributed by atoms with Gasteiger partial charge in [0.05, 0.1) is 29.6 Å². The molecule has 0 N–H and O–H groups in total. The zero-order chi connectivity index (χ0) is 16.4. The van der Waals surface area contributed by atoms with Crippen molar-refractivity contribution in [2.45, 2.75) is 20.4 Å². The number of nitrogens with zero attached hydrogens (tertiary/aromatic N) is 4. The van der Waals surface area contributed by atoms with Gasteiger partial charge in [-0.1, -0.05) is 23.7 Å². The van der Waals surface area contributed by atoms with Crippen molar-refractivity contribution in [3.05, 3.63) is 65.2 Å². The Morgan fingerprint density at radius 3 is 2.48 bits per heavy atom. The first kappa shape index (κ1) is 15.0. The van der Waals surface area contributed by atoms with Crippen LogP contribution >= 0.6 is 0 Å². The topological polar surface area (TPSA) is 54.5 Å². The molecule has 2 heterocycles. The molecule has 23 heavy (non-hydrogen) atoms. The Hall–Kier alpha value is -2.87. The van der Waals surface area contributed by atoms with Crippen molar-refractivity contribution in [2.24, 2.45) is 0 Å². The van der Waals surface area contributed by atoms with Crippen LogP contribution in [-0.2, 0) is 6.54 Å². The molecule has 1 aromatic carbocycles. The minimum atomic E-state index is 0.600. The molecule has 5 heteroatoms. The van der Waals surface area contributed by atoms with Crippen molar-refractivity contribution < 1.29 is 0 Å². The molecule has 3 rings (SSSR count). The largest absolute Gasteiger partial charge is 0.263 e. The van der Waals surface area contributed by atoms with Crippen LogP contribution in [0.5, 0.6) is 0 Å². The lowest BCUT2D eigenvalue weighted by molar-refractivity contribution is 0.647. The summed E-state index contributed by atoms with van der Waals surface area (Å²) in [5.41, 5.74) is 6.42. The monoisotopic (exact) mass is 298 g/mol. The van der Waals surface area contributed by atoms with Crippen LogP contribution in [0.4, 0.5) is 0 Å². The first-order valence-electron chi connectivity index (χ1n) is 7.33. The Morgan fingerprint density at radius 2 is 1.87 bits per heavy atom. The van der Waals surface area contributed by atoms with Crippen LogP contribution in [0.3, 0.4) is 0 Å². The molecular weight excluding hydrogens is 283 g/mol. The van der Waals surface area contributed by atoms with Gasteiger partial charge in [0, 0.05) is 17.5 Å². The van der Waals surface area contributed by atoms with Crippen LogP contribution in [0.15, 0.2) is 42.6 Å². The van der Waals surface area contributed by atoms with Crippen molar-refractivity contribution in [1.29, 1.82) is 5.26 Å². The van der Waals surface area contributed by atoms with Gasteiger partial charge in [0.1, 0.15) is 7.85 Å². The van der Waals surface area contributed by atoms with E-state index in [1.54, 1.807) is 6.20 Å². The molecule has 0 atom stereocenters. The maximum atomic E-state index is 8.91. The van der Waals surface area contributed by atoms with Gasteiger partial charge in [-0.15, -0.1) is 0 Å². The van der Waals surface area contributed by atoms with Gasteiger partial charge in [-0.05, 0) is 37.6 Å². The zero-order valence-electron chi connectivity index (χ0n) is 13.1. The molecule has 0 aliphatic heterocycles. The van der Waals surface area contributed by atoms with Crippen molar-refractivity contribution in [1.82, 2.24) is 14.8 Å². The highest BCUT2D eigenvalue weighted by atomic mass is 15.3. The SMILES string of the molecule is [B]c1ccc(Cn2nc(C)c(-c3ccc(C#N)cc3)c2C)nc1. The van der Waals surface area contributed by atoms with E-state index in [-0.39, 0.29) is 0 Å². The van der Waals surface area contributed by atoms with Crippen molar-refractivity contribution in [2.75, 3.05) is 0 Å². The first-order valence-corrected chi connectivity index (χ1v) is 7.33. The predicted molar refractivity (Wildman–Crippen MR) is 90.6 cm³/mol. The molecule has 110 valence electrons. The lowest BCUT2D eigenvalue weighted by Gasteiger charge is -2.06. The summed E-state index contributed by atoms with van der Waals surface area (Å²) in [5, 5.41) is 13.5. The molecule has 0 saturated heterocycles. The summed E-state index contributed by atoms with van der Waals surface area (Å²) in [7, 11) is 5.67. The van der Waals surface area contributed by atoms with Crippen LogP contribution in [0.1, 0.15) is 22.6 Å². The highest BCUT2D eigenvalue weighted by Gasteiger charge is 2.14. The lowest BCUT2D eigenvalue weighted by Crippen LogP contribution is -2.09. The molecule has 2 radical (unpaired) electrons. The quantitative estimate of drug-likeness (QED) is 0.697. The molecule has 0 unspecified atom stereocenters. The van der Waals surface area contributed by atoms with Crippen molar-refractivity contribution in [3.8, 4) is 17.2 Å². The second-order valence-electron chi connectivity index (χ2n) is 5.48. The Morgan fingerprint density at radius 1 is 1.13 bits per heavy atom. The average Bonchev–Trinajstić information content (AvgIpc) is 2.84. The van der Waals surface area contributed by atoms with Crippen LogP contribution in [0, 0.1) is 25.2 Å². The number of aryl methyl sites for hydroxylation is 1. The molecule has 0 aliphatic rings. The van der Waals surface area contributed by atoms with Gasteiger partial charge in [-0.2, -0.15) is 10.4 Å². The first-order chi connectivity index (χ1) is 11.1. The van der Waals surface area contributed by atoms with Crippen molar-refractivity contribution in [3.63, 3.8) is 0 Å². The minimum absolute atomic E-state index is 0.600. The summed E-state index contributed by atoms with van der Waals surface area (Å²) in [5.74, 6) is 0. The van der Waals surface area contributed by atoms with Crippen molar-refractivity contribution >= 4 is 13.3 Å². The molecule has 0 saturated carbocycles. The molecular formula is C18H15BN4. The van der Waals surface area contributed by atoms with Gasteiger partial charge in [0.15, 0.2) is 0 Å². The van der Waals surface area contributed by atoms with E-state index >= 15 is 0 Å². The van der Waals surface area contributed by atoms with E-state index in [2.05, 4.69) is 16.2 Å². The molecule has 0 fully saturated rings. The summed E-state index contributed by atoms with van der Waals surface area (Å²) in [6.07, 6.45) is 1.66. The van der Waals surface area contributed by atoms with Crippen LogP contribution in [0.25, 0.3) is 11.1 Å². The van der Waals surface area contributed by atoms with E-state index in [9.17, 15) is 0 Å². The third kappa shape index (κ3) is 3.02. The number of aromatic nitrogens is 3. The van der Waals surface area contributed by atoms with E-state index in [1.807, 2.05) is 54.9 Å². The second-order valence-corrected chi connectivity index (χ2v) is 5.48. The summed E-state index contributed by atoms with van der Waals surface area (Å²) >= 11 is 0. The van der Waals surface area contributed by atoms with Crippen LogP contribution in [-0.4, -0.2) is 22.6 Å². The Labute approximate surface area is 136 Å². The van der Waals surface area contributed by atoms with Gasteiger partial charge in [-0.25, -0.2) is 0 Å². The molecule has 0 amide bonds. The predicted octanol–water partition coefficient (Wildman–Crippen LogP) is 2.28. The number of nitriles is 1. The van der Waals surface area contributed by atoms with E-state index < -0.39 is 0 Å². The second kappa shape index (κ2) is 6.09. The highest BCUT2D eigenvalue weighted by molar-refractivity contribution is 6.32. The molecule has 0 bridgehead atoms. The number of benzene rings is 1. The third-order valence-electron chi connectivity index (χ3n) is 3.84. The normalized spacial score (nSPS) is 10.5. The van der Waals surface area contributed by atoms with Crippen LogP contribution < -0.4 is 5.46 Å². The Bertz CT molecular complexity index is 871. The molecule has 0 spiro atoms. The smallest absolute Gasteiger partial charge is 0.115 e. The number of rotatable bonds is 3. The summed E-state index contributed by atoms with van der Waals surface area (Å²) in [6.45, 7) is 4.64. The van der Waals surface area contributed by atoms with Gasteiger partial charge in [0.25, 0.3) is 0 Å². The fourth-order valence-corrected chi connectivity index (χ4v) is 2.66. The maximum Gasteiger partial charge on any atom is 0.115 e. The number of hydrogen-bond acceptors (Lipinski definition) is 3. The van der Waals surface area contributed by atoms with Gasteiger partial charge in [-0.3, -0.25) is 9.67 Å². The minimum Gasteiger partial charge on any atom is -0.263 e. The fraction of sp³-hybridized carbons (Fsp3) is 0.167. The summed E-state index contributed by atoms with van der Waals surface area (Å²) in [4.78, 5) is 4.33. The van der Waals surface area contributed by atoms with E-state index in [4.69, 9.17) is 13.1 Å². The third-order valence-corrected chi connectivity index (χ3v) is 3.84. The fourth-order valence-electron chi connectivity index (χ4n) is 2.66. The molecule has 2 aromatic heterocycles. The average molecular weight is 298 g/mol. The standard InChI is InChI=1S/C18H15BN4/c1-12-18(15-5-3-14(9-20)4-6-15)13(2)23(22-12)11-17-8-7-16(19)10-21-17/h3-8,10H,11H2,1-2H3. The van der Waals surface area contributed by atoms with Gasteiger partial charge in [0.2, 0.25) is 0 Å². The Kier molecular flexibility index (Phi) is 3.99. The van der Waals surface area contributed by atoms with E-state index in [0.717, 1.165) is 28.2 Å². The van der Waals surface area contributed by atoms with E-state index in [1.165, 1.54) is 0 Å². The Balaban J connectivity index is 1.95. The van der Waals surface area contributed by atoms with Crippen LogP contribution in [0.2, 0.25) is 0 Å².